The quantitative estimate of drug-likeness (QED) is 0.181. The van der Waals surface area contributed by atoms with Crippen LogP contribution in [0.25, 0.3) is 108 Å². The first-order chi connectivity index (χ1) is 26.2. The van der Waals surface area contributed by atoms with Gasteiger partial charge in [-0.05, 0) is 92.8 Å². The van der Waals surface area contributed by atoms with Gasteiger partial charge in [0.05, 0.1) is 32.5 Å². The summed E-state index contributed by atoms with van der Waals surface area (Å²) in [6, 6.07) is 64.2. The van der Waals surface area contributed by atoms with Crippen molar-refractivity contribution in [1.82, 2.24) is 14.0 Å². The maximum atomic E-state index is 5.35. The normalized spacial score (nSPS) is 12.2. The van der Waals surface area contributed by atoms with Crippen LogP contribution in [0.5, 0.6) is 0 Å². The van der Waals surface area contributed by atoms with E-state index < -0.39 is 0 Å². The van der Waals surface area contributed by atoms with Crippen LogP contribution in [0.15, 0.2) is 176 Å². The summed E-state index contributed by atoms with van der Waals surface area (Å²) in [5.41, 5.74) is 11.4. The molecule has 0 N–H and O–H groups in total. The molecule has 12 aromatic rings. The Labute approximate surface area is 308 Å². The Hall–Kier alpha value is -6.75. The highest BCUT2D eigenvalue weighted by Crippen LogP contribution is 2.43. The van der Waals surface area contributed by atoms with Gasteiger partial charge in [-0.15, -0.1) is 11.3 Å². The number of aromatic nitrogens is 3. The first-order valence-electron chi connectivity index (χ1n) is 18.0. The Morgan fingerprint density at radius 3 is 1.64 bits per heavy atom. The van der Waals surface area contributed by atoms with Gasteiger partial charge in [0.1, 0.15) is 0 Å². The van der Waals surface area contributed by atoms with Crippen molar-refractivity contribution in [2.45, 2.75) is 0 Å². The standard InChI is InChI=1S/C49H29N3S/c1-4-12-36-28-47-40(25-33(36)9-1)41-29-45(52-46-27-35-11-3-2-10-34(35)26-42(46)50-49(52)48(41)53-47)32-19-17-30(18-20-32)31-21-23-37(24-22-31)51-43-15-7-5-13-38(43)39-14-6-8-16-44(39)51/h1-29H. The van der Waals surface area contributed by atoms with Crippen LogP contribution < -0.4 is 0 Å². The van der Waals surface area contributed by atoms with Gasteiger partial charge in [0.25, 0.3) is 0 Å². The van der Waals surface area contributed by atoms with Crippen LogP contribution in [0.4, 0.5) is 0 Å². The minimum atomic E-state index is 1.01. The second kappa shape index (κ2) is 10.9. The highest BCUT2D eigenvalue weighted by molar-refractivity contribution is 7.26. The first-order valence-corrected chi connectivity index (χ1v) is 18.9. The number of fused-ring (bicyclic) bond motifs is 12. The molecule has 0 radical (unpaired) electrons. The van der Waals surface area contributed by atoms with Crippen molar-refractivity contribution in [3.05, 3.63) is 176 Å². The van der Waals surface area contributed by atoms with Crippen LogP contribution in [0, 0.1) is 0 Å². The lowest BCUT2D eigenvalue weighted by Crippen LogP contribution is -1.94. The Kier molecular flexibility index (Phi) is 5.93. The number of rotatable bonds is 3. The largest absolute Gasteiger partial charge is 0.309 e. The molecule has 0 fully saturated rings. The summed E-state index contributed by atoms with van der Waals surface area (Å²) in [5.74, 6) is 0. The van der Waals surface area contributed by atoms with E-state index in [9.17, 15) is 0 Å². The predicted octanol–water partition coefficient (Wildman–Crippen LogP) is 13.6. The molecule has 53 heavy (non-hydrogen) atoms. The van der Waals surface area contributed by atoms with Crippen LogP contribution in [0.2, 0.25) is 0 Å². The number of hydrogen-bond donors (Lipinski definition) is 0. The SMILES string of the molecule is c1ccc2cc3c(cc2c1)nc1c2sc4cc5ccccc5cc4c2cc(-c2ccc(-c4ccc(-n5c6ccccc6c6ccccc65)cc4)cc2)n31. The molecule has 12 rings (SSSR count). The molecule has 0 atom stereocenters. The van der Waals surface area contributed by atoms with Crippen molar-refractivity contribution in [1.29, 1.82) is 0 Å². The minimum Gasteiger partial charge on any atom is -0.309 e. The predicted molar refractivity (Wildman–Crippen MR) is 226 cm³/mol. The van der Waals surface area contributed by atoms with Gasteiger partial charge in [-0.2, -0.15) is 0 Å². The fourth-order valence-corrected chi connectivity index (χ4v) is 9.71. The molecule has 0 aliphatic heterocycles. The second-order valence-electron chi connectivity index (χ2n) is 14.0. The van der Waals surface area contributed by atoms with Gasteiger partial charge in [-0.1, -0.05) is 121 Å². The fourth-order valence-electron chi connectivity index (χ4n) is 8.52. The zero-order chi connectivity index (χ0) is 34.6. The average Bonchev–Trinajstić information content (AvgIpc) is 3.88. The maximum Gasteiger partial charge on any atom is 0.156 e. The van der Waals surface area contributed by atoms with Gasteiger partial charge in [0.2, 0.25) is 0 Å². The summed E-state index contributed by atoms with van der Waals surface area (Å²) in [6.45, 7) is 0. The summed E-state index contributed by atoms with van der Waals surface area (Å²) in [6.07, 6.45) is 0. The Balaban J connectivity index is 1.02. The lowest BCUT2D eigenvalue weighted by Gasteiger charge is -2.11. The van der Waals surface area contributed by atoms with E-state index in [2.05, 4.69) is 185 Å². The average molecular weight is 692 g/mol. The van der Waals surface area contributed by atoms with Crippen molar-refractivity contribution < 1.29 is 0 Å². The van der Waals surface area contributed by atoms with Crippen molar-refractivity contribution in [3.63, 3.8) is 0 Å². The van der Waals surface area contributed by atoms with E-state index in [1.165, 1.54) is 74.6 Å². The molecule has 0 bridgehead atoms. The Bertz CT molecular complexity index is 3380. The number of pyridine rings is 1. The van der Waals surface area contributed by atoms with E-state index in [0.717, 1.165) is 33.6 Å². The molecular formula is C49H29N3S. The number of benzene rings is 8. The van der Waals surface area contributed by atoms with Gasteiger partial charge in [0.15, 0.2) is 5.65 Å². The molecule has 3 nitrogen and oxygen atoms in total. The van der Waals surface area contributed by atoms with Gasteiger partial charge in [-0.3, -0.25) is 4.40 Å². The monoisotopic (exact) mass is 691 g/mol. The van der Waals surface area contributed by atoms with Crippen LogP contribution in [0.3, 0.4) is 0 Å². The molecule has 4 heteroatoms. The molecule has 246 valence electrons. The van der Waals surface area contributed by atoms with Crippen LogP contribution in [-0.2, 0) is 0 Å². The van der Waals surface area contributed by atoms with Gasteiger partial charge < -0.3 is 4.57 Å². The van der Waals surface area contributed by atoms with Crippen molar-refractivity contribution in [2.75, 3.05) is 0 Å². The smallest absolute Gasteiger partial charge is 0.156 e. The zero-order valence-corrected chi connectivity index (χ0v) is 29.3. The maximum absolute atomic E-state index is 5.35. The fraction of sp³-hybridized carbons (Fsp3) is 0. The topological polar surface area (TPSA) is 22.2 Å². The number of thiophene rings is 1. The molecule has 0 amide bonds. The molecule has 0 aliphatic rings. The Morgan fingerprint density at radius 1 is 0.415 bits per heavy atom. The molecule has 0 unspecified atom stereocenters. The molecule has 4 heterocycles. The molecule has 0 aliphatic carbocycles. The Morgan fingerprint density at radius 2 is 0.962 bits per heavy atom. The summed E-state index contributed by atoms with van der Waals surface area (Å²) in [7, 11) is 0. The van der Waals surface area contributed by atoms with E-state index in [-0.39, 0.29) is 0 Å². The number of nitrogens with zero attached hydrogens (tertiary/aromatic N) is 3. The van der Waals surface area contributed by atoms with Crippen molar-refractivity contribution >= 4 is 91.5 Å². The number of hydrogen-bond acceptors (Lipinski definition) is 2. The summed E-state index contributed by atoms with van der Waals surface area (Å²) in [4.78, 5) is 5.35. The molecule has 8 aromatic carbocycles. The molecule has 4 aromatic heterocycles. The van der Waals surface area contributed by atoms with Crippen molar-refractivity contribution in [2.24, 2.45) is 0 Å². The first kappa shape index (κ1) is 28.9. The van der Waals surface area contributed by atoms with Crippen LogP contribution >= 0.6 is 11.3 Å². The van der Waals surface area contributed by atoms with Crippen LogP contribution in [-0.4, -0.2) is 14.0 Å². The minimum absolute atomic E-state index is 1.01. The molecular weight excluding hydrogens is 663 g/mol. The second-order valence-corrected chi connectivity index (χ2v) is 15.1. The van der Waals surface area contributed by atoms with E-state index in [4.69, 9.17) is 4.98 Å². The lowest BCUT2D eigenvalue weighted by atomic mass is 10.0. The summed E-state index contributed by atoms with van der Waals surface area (Å²) < 4.78 is 7.26. The summed E-state index contributed by atoms with van der Waals surface area (Å²) >= 11 is 1.85. The zero-order valence-electron chi connectivity index (χ0n) is 28.5. The highest BCUT2D eigenvalue weighted by Gasteiger charge is 2.19. The number of para-hydroxylation sites is 2. The summed E-state index contributed by atoms with van der Waals surface area (Å²) in [5, 5.41) is 10.0. The van der Waals surface area contributed by atoms with Gasteiger partial charge in [0, 0.05) is 31.9 Å². The molecule has 0 saturated heterocycles. The van der Waals surface area contributed by atoms with E-state index >= 15 is 0 Å². The van der Waals surface area contributed by atoms with Gasteiger partial charge >= 0.3 is 0 Å². The lowest BCUT2D eigenvalue weighted by molar-refractivity contribution is 1.18. The van der Waals surface area contributed by atoms with Crippen LogP contribution in [0.1, 0.15) is 0 Å². The van der Waals surface area contributed by atoms with E-state index in [1.54, 1.807) is 0 Å². The highest BCUT2D eigenvalue weighted by atomic mass is 32.1. The third-order valence-corrected chi connectivity index (χ3v) is 12.2. The third kappa shape index (κ3) is 4.24. The number of imidazole rings is 1. The van der Waals surface area contributed by atoms with E-state index in [1.807, 2.05) is 11.3 Å². The molecule has 0 saturated carbocycles. The van der Waals surface area contributed by atoms with Crippen molar-refractivity contribution in [3.8, 4) is 28.1 Å². The van der Waals surface area contributed by atoms with E-state index in [0.29, 0.717) is 0 Å². The van der Waals surface area contributed by atoms with Gasteiger partial charge in [-0.25, -0.2) is 4.98 Å². The third-order valence-electron chi connectivity index (χ3n) is 11.1. The molecule has 0 spiro atoms.